The van der Waals surface area contributed by atoms with Crippen LogP contribution in [0.1, 0.15) is 35.1 Å². The highest BCUT2D eigenvalue weighted by Gasteiger charge is 2.13. The molecule has 4 nitrogen and oxygen atoms in total. The van der Waals surface area contributed by atoms with Crippen molar-refractivity contribution in [2.75, 3.05) is 40.0 Å². The number of nitrogens with zero attached hydrogens (tertiary/aromatic N) is 1. The first-order valence-corrected chi connectivity index (χ1v) is 10.5. The number of aryl methyl sites for hydroxylation is 3. The number of hydrogen-bond donors (Lipinski definition) is 0. The fraction of sp³-hybridized carbons (Fsp3) is 0.500. The maximum absolute atomic E-state index is 6.11. The van der Waals surface area contributed by atoms with Crippen molar-refractivity contribution in [1.29, 1.82) is 0 Å². The van der Waals surface area contributed by atoms with E-state index in [0.717, 1.165) is 62.8 Å². The average molecular weight is 382 g/mol. The highest BCUT2D eigenvalue weighted by Crippen LogP contribution is 2.28. The molecule has 0 atom stereocenters. The van der Waals surface area contributed by atoms with Crippen molar-refractivity contribution in [2.45, 2.75) is 38.7 Å². The minimum Gasteiger partial charge on any atom is -0.496 e. The molecule has 0 unspecified atom stereocenters. The van der Waals surface area contributed by atoms with Crippen LogP contribution in [-0.2, 0) is 30.6 Å². The molecule has 2 aromatic rings. The van der Waals surface area contributed by atoms with Crippen LogP contribution < -0.4 is 9.47 Å². The summed E-state index contributed by atoms with van der Waals surface area (Å²) in [5.74, 6) is 1.86. The Morgan fingerprint density at radius 3 is 2.71 bits per heavy atom. The fourth-order valence-electron chi connectivity index (χ4n) is 4.23. The Balaban J connectivity index is 1.34. The van der Waals surface area contributed by atoms with Gasteiger partial charge in [0.15, 0.2) is 0 Å². The number of methoxy groups -OCH3 is 1. The lowest BCUT2D eigenvalue weighted by molar-refractivity contribution is 0.0374. The molecule has 0 aromatic heterocycles. The van der Waals surface area contributed by atoms with Gasteiger partial charge in [-0.15, -0.1) is 0 Å². The predicted molar refractivity (Wildman–Crippen MR) is 111 cm³/mol. The van der Waals surface area contributed by atoms with Crippen LogP contribution in [0.25, 0.3) is 0 Å². The van der Waals surface area contributed by atoms with E-state index < -0.39 is 0 Å². The summed E-state index contributed by atoms with van der Waals surface area (Å²) in [6.07, 6.45) is 5.88. The fourth-order valence-corrected chi connectivity index (χ4v) is 4.23. The molecule has 0 saturated carbocycles. The van der Waals surface area contributed by atoms with E-state index in [4.69, 9.17) is 14.2 Å². The minimum atomic E-state index is 0.541. The van der Waals surface area contributed by atoms with E-state index in [1.807, 2.05) is 0 Å². The summed E-state index contributed by atoms with van der Waals surface area (Å²) in [5.41, 5.74) is 5.39. The molecule has 150 valence electrons. The molecule has 2 aliphatic rings. The maximum atomic E-state index is 6.11. The number of rotatable bonds is 8. The summed E-state index contributed by atoms with van der Waals surface area (Å²) >= 11 is 0. The first kappa shape index (κ1) is 19.3. The van der Waals surface area contributed by atoms with Gasteiger partial charge in [0.25, 0.3) is 0 Å². The Labute approximate surface area is 168 Å². The van der Waals surface area contributed by atoms with Crippen molar-refractivity contribution >= 4 is 0 Å². The second kappa shape index (κ2) is 9.44. The normalized spacial score (nSPS) is 16.8. The molecule has 2 aromatic carbocycles. The van der Waals surface area contributed by atoms with Gasteiger partial charge in [-0.05, 0) is 79.6 Å². The van der Waals surface area contributed by atoms with E-state index in [9.17, 15) is 0 Å². The number of benzene rings is 2. The zero-order valence-corrected chi connectivity index (χ0v) is 16.9. The van der Waals surface area contributed by atoms with Gasteiger partial charge in [0.05, 0.1) is 20.3 Å². The monoisotopic (exact) mass is 381 g/mol. The SMILES string of the molecule is COc1ccc(CCCN2CCOCC2)cc1COc1ccc2c(c1)CCC2. The van der Waals surface area contributed by atoms with Gasteiger partial charge in [-0.2, -0.15) is 0 Å². The van der Waals surface area contributed by atoms with E-state index in [1.54, 1.807) is 7.11 Å². The summed E-state index contributed by atoms with van der Waals surface area (Å²) in [7, 11) is 1.73. The lowest BCUT2D eigenvalue weighted by Gasteiger charge is -2.26. The standard InChI is InChI=1S/C24H31NO3/c1-26-24-10-7-19(4-3-11-25-12-14-27-15-13-25)16-22(24)18-28-23-9-8-20-5-2-6-21(20)17-23/h7-10,16-17H,2-6,11-15,18H2,1H3. The van der Waals surface area contributed by atoms with Crippen LogP contribution in [0.5, 0.6) is 11.5 Å². The Kier molecular flexibility index (Phi) is 6.50. The summed E-state index contributed by atoms with van der Waals surface area (Å²) in [4.78, 5) is 2.49. The molecule has 0 N–H and O–H groups in total. The number of fused-ring (bicyclic) bond motifs is 1. The molecule has 1 heterocycles. The van der Waals surface area contributed by atoms with E-state index in [0.29, 0.717) is 6.61 Å². The summed E-state index contributed by atoms with van der Waals surface area (Å²) < 4.78 is 17.1. The van der Waals surface area contributed by atoms with Crippen molar-refractivity contribution in [3.63, 3.8) is 0 Å². The molecule has 28 heavy (non-hydrogen) atoms. The number of ether oxygens (including phenoxy) is 3. The van der Waals surface area contributed by atoms with Crippen LogP contribution >= 0.6 is 0 Å². The number of morpholine rings is 1. The molecule has 0 radical (unpaired) electrons. The zero-order chi connectivity index (χ0) is 19.2. The van der Waals surface area contributed by atoms with Gasteiger partial charge in [-0.3, -0.25) is 4.90 Å². The van der Waals surface area contributed by atoms with E-state index >= 15 is 0 Å². The Morgan fingerprint density at radius 2 is 1.86 bits per heavy atom. The van der Waals surface area contributed by atoms with E-state index in [-0.39, 0.29) is 0 Å². The van der Waals surface area contributed by atoms with Gasteiger partial charge >= 0.3 is 0 Å². The van der Waals surface area contributed by atoms with Crippen LogP contribution in [0, 0.1) is 0 Å². The van der Waals surface area contributed by atoms with Gasteiger partial charge in [0, 0.05) is 18.7 Å². The second-order valence-electron chi connectivity index (χ2n) is 7.78. The molecule has 1 aliphatic carbocycles. The molecule has 1 fully saturated rings. The zero-order valence-electron chi connectivity index (χ0n) is 16.9. The van der Waals surface area contributed by atoms with Crippen LogP contribution in [0.15, 0.2) is 36.4 Å². The van der Waals surface area contributed by atoms with Gasteiger partial charge in [0.1, 0.15) is 18.1 Å². The van der Waals surface area contributed by atoms with Crippen molar-refractivity contribution in [3.05, 3.63) is 58.7 Å². The second-order valence-corrected chi connectivity index (χ2v) is 7.78. The van der Waals surface area contributed by atoms with E-state index in [2.05, 4.69) is 41.3 Å². The van der Waals surface area contributed by atoms with Crippen molar-refractivity contribution < 1.29 is 14.2 Å². The summed E-state index contributed by atoms with van der Waals surface area (Å²) in [6, 6.07) is 13.0. The molecule has 0 amide bonds. The predicted octanol–water partition coefficient (Wildman–Crippen LogP) is 4.03. The van der Waals surface area contributed by atoms with Crippen LogP contribution in [-0.4, -0.2) is 44.9 Å². The maximum Gasteiger partial charge on any atom is 0.125 e. The van der Waals surface area contributed by atoms with Crippen LogP contribution in [0.4, 0.5) is 0 Å². The molecular formula is C24H31NO3. The van der Waals surface area contributed by atoms with Crippen molar-refractivity contribution in [2.24, 2.45) is 0 Å². The van der Waals surface area contributed by atoms with Gasteiger partial charge in [-0.25, -0.2) is 0 Å². The largest absolute Gasteiger partial charge is 0.496 e. The van der Waals surface area contributed by atoms with Crippen LogP contribution in [0.3, 0.4) is 0 Å². The first-order chi connectivity index (χ1) is 13.8. The number of hydrogen-bond acceptors (Lipinski definition) is 4. The Morgan fingerprint density at radius 1 is 1.00 bits per heavy atom. The van der Waals surface area contributed by atoms with Gasteiger partial charge < -0.3 is 14.2 Å². The van der Waals surface area contributed by atoms with Gasteiger partial charge in [-0.1, -0.05) is 12.1 Å². The molecule has 4 heteroatoms. The van der Waals surface area contributed by atoms with Crippen molar-refractivity contribution in [1.82, 2.24) is 4.90 Å². The smallest absolute Gasteiger partial charge is 0.125 e. The Hall–Kier alpha value is -2.04. The van der Waals surface area contributed by atoms with Crippen molar-refractivity contribution in [3.8, 4) is 11.5 Å². The summed E-state index contributed by atoms with van der Waals surface area (Å²) in [6.45, 7) is 5.53. The highest BCUT2D eigenvalue weighted by molar-refractivity contribution is 5.40. The third-order valence-electron chi connectivity index (χ3n) is 5.85. The molecule has 0 spiro atoms. The minimum absolute atomic E-state index is 0.541. The third kappa shape index (κ3) is 4.86. The Bertz CT molecular complexity index is 783. The molecule has 4 rings (SSSR count). The highest BCUT2D eigenvalue weighted by atomic mass is 16.5. The first-order valence-electron chi connectivity index (χ1n) is 10.5. The lowest BCUT2D eigenvalue weighted by atomic mass is 10.1. The molecule has 1 saturated heterocycles. The van der Waals surface area contributed by atoms with Crippen LogP contribution in [0.2, 0.25) is 0 Å². The van der Waals surface area contributed by atoms with E-state index in [1.165, 1.54) is 36.0 Å². The average Bonchev–Trinajstić information content (AvgIpc) is 3.21. The molecular weight excluding hydrogens is 350 g/mol. The molecule has 0 bridgehead atoms. The molecule has 1 aliphatic heterocycles. The topological polar surface area (TPSA) is 30.9 Å². The third-order valence-corrected chi connectivity index (χ3v) is 5.85. The van der Waals surface area contributed by atoms with Gasteiger partial charge in [0.2, 0.25) is 0 Å². The lowest BCUT2D eigenvalue weighted by Crippen LogP contribution is -2.36. The quantitative estimate of drug-likeness (QED) is 0.691. The summed E-state index contributed by atoms with van der Waals surface area (Å²) in [5, 5.41) is 0.